The minimum atomic E-state index is -0.394. The van der Waals surface area contributed by atoms with Crippen molar-refractivity contribution in [2.24, 2.45) is 0 Å². The highest BCUT2D eigenvalue weighted by Gasteiger charge is 2.17. The topological polar surface area (TPSA) is 118 Å². The van der Waals surface area contributed by atoms with Gasteiger partial charge in [-0.3, -0.25) is 15.1 Å². The Balaban J connectivity index is 1.41. The average molecular weight is 444 g/mol. The van der Waals surface area contributed by atoms with Gasteiger partial charge in [-0.15, -0.1) is 0 Å². The third-order valence-corrected chi connectivity index (χ3v) is 5.16. The van der Waals surface area contributed by atoms with Crippen LogP contribution in [0.25, 0.3) is 10.9 Å². The number of rotatable bonds is 10. The summed E-state index contributed by atoms with van der Waals surface area (Å²) in [5.41, 5.74) is 4.36. The van der Waals surface area contributed by atoms with E-state index in [1.165, 1.54) is 18.0 Å². The van der Waals surface area contributed by atoms with Gasteiger partial charge in [0.2, 0.25) is 0 Å². The van der Waals surface area contributed by atoms with Crippen LogP contribution in [0.5, 0.6) is 0 Å². The van der Waals surface area contributed by atoms with Gasteiger partial charge in [0.05, 0.1) is 16.1 Å². The molecular formula is C24H25N7O2. The molecule has 0 amide bonds. The number of nitrogens with one attached hydrogen (secondary N) is 3. The second kappa shape index (κ2) is 10.5. The number of aromatic nitrogens is 3. The zero-order valence-electron chi connectivity index (χ0n) is 18.3. The lowest BCUT2D eigenvalue weighted by atomic mass is 10.1. The van der Waals surface area contributed by atoms with Gasteiger partial charge in [-0.05, 0) is 36.2 Å². The number of nitrogens with zero attached hydrogens (tertiary/aromatic N) is 4. The van der Waals surface area contributed by atoms with Crippen molar-refractivity contribution in [2.45, 2.75) is 26.6 Å². The van der Waals surface area contributed by atoms with Gasteiger partial charge < -0.3 is 16.0 Å². The first-order chi connectivity index (χ1) is 16.1. The van der Waals surface area contributed by atoms with Crippen molar-refractivity contribution in [3.8, 4) is 0 Å². The summed E-state index contributed by atoms with van der Waals surface area (Å²) in [4.78, 5) is 24.0. The molecule has 33 heavy (non-hydrogen) atoms. The second-order valence-electron chi connectivity index (χ2n) is 7.49. The van der Waals surface area contributed by atoms with Crippen LogP contribution in [0.1, 0.15) is 23.7 Å². The zero-order valence-corrected chi connectivity index (χ0v) is 18.3. The highest BCUT2D eigenvalue weighted by Crippen LogP contribution is 2.32. The molecule has 0 saturated heterocycles. The van der Waals surface area contributed by atoms with E-state index in [2.05, 4.69) is 55.2 Å². The maximum Gasteiger partial charge on any atom is 0.293 e. The lowest BCUT2D eigenvalue weighted by molar-refractivity contribution is -0.383. The quantitative estimate of drug-likeness (QED) is 0.246. The molecule has 9 nitrogen and oxygen atoms in total. The van der Waals surface area contributed by atoms with Gasteiger partial charge in [-0.2, -0.15) is 0 Å². The van der Waals surface area contributed by atoms with E-state index in [9.17, 15) is 10.1 Å². The van der Waals surface area contributed by atoms with Crippen LogP contribution in [0.4, 0.5) is 17.2 Å². The van der Waals surface area contributed by atoms with E-state index in [0.29, 0.717) is 42.0 Å². The van der Waals surface area contributed by atoms with Crippen molar-refractivity contribution >= 4 is 28.1 Å². The van der Waals surface area contributed by atoms with Crippen molar-refractivity contribution in [1.82, 2.24) is 20.3 Å². The Labute approximate surface area is 191 Å². The van der Waals surface area contributed by atoms with E-state index in [1.54, 1.807) is 12.3 Å². The van der Waals surface area contributed by atoms with E-state index >= 15 is 0 Å². The normalized spacial score (nSPS) is 10.8. The molecule has 168 valence electrons. The van der Waals surface area contributed by atoms with E-state index < -0.39 is 4.92 Å². The smallest absolute Gasteiger partial charge is 0.293 e. The Morgan fingerprint density at radius 3 is 2.39 bits per heavy atom. The molecule has 2 aromatic carbocycles. The molecule has 0 radical (unpaired) electrons. The van der Waals surface area contributed by atoms with E-state index in [4.69, 9.17) is 0 Å². The van der Waals surface area contributed by atoms with Crippen molar-refractivity contribution in [1.29, 1.82) is 0 Å². The fraction of sp³-hybridized carbons (Fsp3) is 0.208. The van der Waals surface area contributed by atoms with Crippen molar-refractivity contribution in [3.63, 3.8) is 0 Å². The molecule has 0 saturated carbocycles. The number of hydrogen-bond acceptors (Lipinski definition) is 8. The predicted octanol–water partition coefficient (Wildman–Crippen LogP) is 4.27. The Hall–Kier alpha value is -4.11. The van der Waals surface area contributed by atoms with Crippen LogP contribution in [0.15, 0.2) is 67.1 Å². The highest BCUT2D eigenvalue weighted by molar-refractivity contribution is 5.94. The van der Waals surface area contributed by atoms with Gasteiger partial charge in [0.25, 0.3) is 5.69 Å². The first-order valence-electron chi connectivity index (χ1n) is 10.7. The van der Waals surface area contributed by atoms with Crippen LogP contribution < -0.4 is 16.0 Å². The molecule has 0 atom stereocenters. The molecule has 3 N–H and O–H groups in total. The standard InChI is InChI=1S/C24H25N7O2/c1-2-26-22-12-21-20(11-23(22)31(32)33)24(30-16-29-21)28-14-18-8-6-17(7-9-18)13-25-15-19-5-3-4-10-27-19/h3-12,16,25-26H,2,13-15H2,1H3,(H,28,29,30). The van der Waals surface area contributed by atoms with Gasteiger partial charge in [-0.1, -0.05) is 30.3 Å². The number of hydrogen-bond donors (Lipinski definition) is 3. The summed E-state index contributed by atoms with van der Waals surface area (Å²) in [5.74, 6) is 0.562. The molecule has 4 rings (SSSR count). The van der Waals surface area contributed by atoms with Crippen LogP contribution in [-0.2, 0) is 19.6 Å². The largest absolute Gasteiger partial charge is 0.380 e. The molecule has 0 aliphatic carbocycles. The zero-order chi connectivity index (χ0) is 23.0. The van der Waals surface area contributed by atoms with E-state index in [1.807, 2.05) is 25.1 Å². The molecule has 0 bridgehead atoms. The number of anilines is 2. The van der Waals surface area contributed by atoms with E-state index in [0.717, 1.165) is 17.8 Å². The second-order valence-corrected chi connectivity index (χ2v) is 7.49. The molecule has 4 aromatic rings. The molecule has 2 heterocycles. The summed E-state index contributed by atoms with van der Waals surface area (Å²) in [6, 6.07) is 17.4. The van der Waals surface area contributed by atoms with Crippen LogP contribution >= 0.6 is 0 Å². The Morgan fingerprint density at radius 2 is 1.70 bits per heavy atom. The first-order valence-corrected chi connectivity index (χ1v) is 10.7. The van der Waals surface area contributed by atoms with Crippen LogP contribution in [0.3, 0.4) is 0 Å². The van der Waals surface area contributed by atoms with Gasteiger partial charge in [0, 0.05) is 43.8 Å². The third kappa shape index (κ3) is 5.58. The SMILES string of the molecule is CCNc1cc2ncnc(NCc3ccc(CNCc4ccccn4)cc3)c2cc1[N+](=O)[O-]. The minimum absolute atomic E-state index is 0.00440. The van der Waals surface area contributed by atoms with Crippen LogP contribution in [0, 0.1) is 10.1 Å². The van der Waals surface area contributed by atoms with Gasteiger partial charge >= 0.3 is 0 Å². The fourth-order valence-corrected chi connectivity index (χ4v) is 3.51. The summed E-state index contributed by atoms with van der Waals surface area (Å²) in [7, 11) is 0. The number of nitro benzene ring substituents is 1. The number of pyridine rings is 1. The summed E-state index contributed by atoms with van der Waals surface area (Å²) >= 11 is 0. The highest BCUT2D eigenvalue weighted by atomic mass is 16.6. The molecule has 2 aromatic heterocycles. The molecule has 0 aliphatic heterocycles. The Kier molecular flexibility index (Phi) is 7.01. The summed E-state index contributed by atoms with van der Waals surface area (Å²) in [5, 5.41) is 21.8. The maximum absolute atomic E-state index is 11.5. The Morgan fingerprint density at radius 1 is 0.909 bits per heavy atom. The predicted molar refractivity (Wildman–Crippen MR) is 129 cm³/mol. The molecule has 0 spiro atoms. The first kappa shape index (κ1) is 22.1. The lowest BCUT2D eigenvalue weighted by Gasteiger charge is -2.11. The average Bonchev–Trinajstić information content (AvgIpc) is 2.84. The van der Waals surface area contributed by atoms with Gasteiger partial charge in [0.1, 0.15) is 17.8 Å². The fourth-order valence-electron chi connectivity index (χ4n) is 3.51. The van der Waals surface area contributed by atoms with Gasteiger partial charge in [-0.25, -0.2) is 9.97 Å². The van der Waals surface area contributed by atoms with Crippen LogP contribution in [-0.4, -0.2) is 26.4 Å². The molecule has 9 heteroatoms. The van der Waals surface area contributed by atoms with Crippen molar-refractivity contribution in [2.75, 3.05) is 17.2 Å². The van der Waals surface area contributed by atoms with Crippen molar-refractivity contribution < 1.29 is 4.92 Å². The Bertz CT molecular complexity index is 1230. The maximum atomic E-state index is 11.5. The van der Waals surface area contributed by atoms with Crippen LogP contribution in [0.2, 0.25) is 0 Å². The number of benzene rings is 2. The monoisotopic (exact) mass is 443 g/mol. The lowest BCUT2D eigenvalue weighted by Crippen LogP contribution is -2.13. The molecular weight excluding hydrogens is 418 g/mol. The molecule has 0 fully saturated rings. The third-order valence-electron chi connectivity index (χ3n) is 5.16. The minimum Gasteiger partial charge on any atom is -0.380 e. The summed E-state index contributed by atoms with van der Waals surface area (Å²) < 4.78 is 0. The van der Waals surface area contributed by atoms with Gasteiger partial charge in [0.15, 0.2) is 0 Å². The summed E-state index contributed by atoms with van der Waals surface area (Å²) in [6.07, 6.45) is 3.25. The molecule has 0 aliphatic rings. The van der Waals surface area contributed by atoms with E-state index in [-0.39, 0.29) is 5.69 Å². The number of fused-ring (bicyclic) bond motifs is 1. The molecule has 0 unspecified atom stereocenters. The van der Waals surface area contributed by atoms with Crippen molar-refractivity contribution in [3.05, 3.63) is 94.1 Å². The summed E-state index contributed by atoms with van der Waals surface area (Å²) in [6.45, 7) is 4.47. The number of nitro groups is 1.